The fraction of sp³-hybridized carbons (Fsp3) is 0.143. The lowest BCUT2D eigenvalue weighted by molar-refractivity contribution is 0.0701. The Balaban J connectivity index is 3.65. The van der Waals surface area contributed by atoms with Gasteiger partial charge in [0, 0.05) is 6.26 Å². The zero-order valence-electron chi connectivity index (χ0n) is 7.31. The van der Waals surface area contributed by atoms with Crippen LogP contribution in [0.25, 0.3) is 0 Å². The van der Waals surface area contributed by atoms with Gasteiger partial charge in [-0.3, -0.25) is 0 Å². The molecular formula is C7H4INO4S2. The van der Waals surface area contributed by atoms with E-state index in [0.29, 0.717) is 11.3 Å². The minimum Gasteiger partial charge on any atom is -0.477 e. The van der Waals surface area contributed by atoms with Crippen molar-refractivity contribution in [3.8, 4) is 6.07 Å². The van der Waals surface area contributed by atoms with Crippen molar-refractivity contribution in [1.29, 1.82) is 5.26 Å². The molecule has 0 aliphatic carbocycles. The number of halogens is 1. The van der Waals surface area contributed by atoms with Crippen molar-refractivity contribution >= 4 is 49.7 Å². The molecule has 15 heavy (non-hydrogen) atoms. The standard InChI is InChI=1S/C7H4INO4S2/c1-15(12,13)7-3(2-9)4(8)5(14-7)6(10)11/h1H3,(H,10,11). The summed E-state index contributed by atoms with van der Waals surface area (Å²) in [6.07, 6.45) is 0.946. The summed E-state index contributed by atoms with van der Waals surface area (Å²) in [5, 5.41) is 17.5. The van der Waals surface area contributed by atoms with Gasteiger partial charge in [-0.2, -0.15) is 5.26 Å². The molecule has 80 valence electrons. The van der Waals surface area contributed by atoms with Gasteiger partial charge in [-0.15, -0.1) is 11.3 Å². The van der Waals surface area contributed by atoms with Crippen molar-refractivity contribution in [3.05, 3.63) is 14.0 Å². The van der Waals surface area contributed by atoms with Crippen LogP contribution in [-0.2, 0) is 9.84 Å². The topological polar surface area (TPSA) is 95.2 Å². The minimum absolute atomic E-state index is 0.0829. The Morgan fingerprint density at radius 1 is 1.60 bits per heavy atom. The first-order chi connectivity index (χ1) is 6.79. The number of thiophene rings is 1. The molecule has 1 rings (SSSR count). The predicted molar refractivity (Wildman–Crippen MR) is 61.8 cm³/mol. The third kappa shape index (κ3) is 2.30. The molecule has 0 spiro atoms. The molecule has 0 fully saturated rings. The molecule has 0 amide bonds. The van der Waals surface area contributed by atoms with Gasteiger partial charge in [0.1, 0.15) is 15.2 Å². The van der Waals surface area contributed by atoms with Crippen molar-refractivity contribution in [2.75, 3.05) is 6.26 Å². The molecule has 5 nitrogen and oxygen atoms in total. The Labute approximate surface area is 103 Å². The van der Waals surface area contributed by atoms with Crippen molar-refractivity contribution in [2.24, 2.45) is 0 Å². The number of hydrogen-bond donors (Lipinski definition) is 1. The monoisotopic (exact) mass is 357 g/mol. The molecule has 0 saturated heterocycles. The number of nitriles is 1. The maximum atomic E-state index is 11.3. The third-order valence-electron chi connectivity index (χ3n) is 1.46. The van der Waals surface area contributed by atoms with E-state index in [4.69, 9.17) is 10.4 Å². The van der Waals surface area contributed by atoms with Gasteiger partial charge in [-0.25, -0.2) is 13.2 Å². The number of carboxylic acid groups (broad SMARTS) is 1. The number of aromatic carboxylic acids is 1. The van der Waals surface area contributed by atoms with E-state index in [0.717, 1.165) is 6.26 Å². The summed E-state index contributed by atoms with van der Waals surface area (Å²) < 4.78 is 22.5. The van der Waals surface area contributed by atoms with Gasteiger partial charge in [-0.05, 0) is 22.6 Å². The molecule has 0 saturated carbocycles. The van der Waals surface area contributed by atoms with Crippen LogP contribution < -0.4 is 0 Å². The molecule has 0 aliphatic rings. The lowest BCUT2D eigenvalue weighted by Crippen LogP contribution is -1.96. The molecule has 1 heterocycles. The van der Waals surface area contributed by atoms with Crippen LogP contribution in [0.2, 0.25) is 0 Å². The molecule has 0 unspecified atom stereocenters. The van der Waals surface area contributed by atoms with E-state index in [1.165, 1.54) is 0 Å². The van der Waals surface area contributed by atoms with E-state index in [1.54, 1.807) is 28.7 Å². The Bertz CT molecular complexity index is 567. The highest BCUT2D eigenvalue weighted by Gasteiger charge is 2.25. The van der Waals surface area contributed by atoms with Gasteiger partial charge in [-0.1, -0.05) is 0 Å². The smallest absolute Gasteiger partial charge is 0.347 e. The molecule has 0 aromatic carbocycles. The Morgan fingerprint density at radius 3 is 2.40 bits per heavy atom. The minimum atomic E-state index is -3.55. The highest BCUT2D eigenvalue weighted by atomic mass is 127. The highest BCUT2D eigenvalue weighted by molar-refractivity contribution is 14.1. The third-order valence-corrected chi connectivity index (χ3v) is 5.91. The first-order valence-electron chi connectivity index (χ1n) is 3.44. The first kappa shape index (κ1) is 12.4. The van der Waals surface area contributed by atoms with Gasteiger partial charge in [0.2, 0.25) is 0 Å². The normalized spacial score (nSPS) is 11.0. The number of carboxylic acids is 1. The lowest BCUT2D eigenvalue weighted by Gasteiger charge is -1.91. The zero-order chi connectivity index (χ0) is 11.8. The van der Waals surface area contributed by atoms with Crippen molar-refractivity contribution in [1.82, 2.24) is 0 Å². The van der Waals surface area contributed by atoms with E-state index in [9.17, 15) is 13.2 Å². The van der Waals surface area contributed by atoms with Gasteiger partial charge in [0.25, 0.3) is 0 Å². The average molecular weight is 357 g/mol. The van der Waals surface area contributed by atoms with Gasteiger partial charge in [0.15, 0.2) is 9.84 Å². The lowest BCUT2D eigenvalue weighted by atomic mass is 10.3. The van der Waals surface area contributed by atoms with Crippen molar-refractivity contribution in [3.63, 3.8) is 0 Å². The van der Waals surface area contributed by atoms with Crippen molar-refractivity contribution in [2.45, 2.75) is 4.21 Å². The number of hydrogen-bond acceptors (Lipinski definition) is 5. The van der Waals surface area contributed by atoms with Crippen LogP contribution in [-0.4, -0.2) is 25.7 Å². The van der Waals surface area contributed by atoms with Crippen LogP contribution >= 0.6 is 33.9 Å². The molecule has 8 heteroatoms. The summed E-state index contributed by atoms with van der Waals surface area (Å²) in [5.74, 6) is -1.23. The second kappa shape index (κ2) is 4.07. The Kier molecular flexibility index (Phi) is 3.37. The van der Waals surface area contributed by atoms with E-state index in [-0.39, 0.29) is 18.2 Å². The fourth-order valence-corrected chi connectivity index (χ4v) is 4.29. The summed E-state index contributed by atoms with van der Waals surface area (Å²) >= 11 is 2.27. The fourth-order valence-electron chi connectivity index (χ4n) is 0.885. The van der Waals surface area contributed by atoms with Crippen LogP contribution in [0.4, 0.5) is 0 Å². The van der Waals surface area contributed by atoms with Gasteiger partial charge in [0.05, 0.1) is 9.13 Å². The summed E-state index contributed by atoms with van der Waals surface area (Å²) in [7, 11) is -3.55. The summed E-state index contributed by atoms with van der Waals surface area (Å²) in [5.41, 5.74) is -0.0829. The van der Waals surface area contributed by atoms with E-state index in [2.05, 4.69) is 0 Å². The highest BCUT2D eigenvalue weighted by Crippen LogP contribution is 2.32. The maximum Gasteiger partial charge on any atom is 0.347 e. The zero-order valence-corrected chi connectivity index (χ0v) is 11.1. The number of nitrogens with zero attached hydrogens (tertiary/aromatic N) is 1. The second-order valence-corrected chi connectivity index (χ2v) is 6.91. The van der Waals surface area contributed by atoms with Crippen LogP contribution in [0.5, 0.6) is 0 Å². The summed E-state index contributed by atoms with van der Waals surface area (Å²) in [4.78, 5) is 10.6. The van der Waals surface area contributed by atoms with Crippen molar-refractivity contribution < 1.29 is 18.3 Å². The molecule has 0 radical (unpaired) electrons. The number of sulfone groups is 1. The molecular weight excluding hydrogens is 353 g/mol. The Hall–Kier alpha value is -0.660. The van der Waals surface area contributed by atoms with E-state index in [1.807, 2.05) is 0 Å². The van der Waals surface area contributed by atoms with Crippen LogP contribution in [0.15, 0.2) is 4.21 Å². The number of rotatable bonds is 2. The average Bonchev–Trinajstić information content (AvgIpc) is 2.41. The van der Waals surface area contributed by atoms with E-state index < -0.39 is 15.8 Å². The molecule has 1 N–H and O–H groups in total. The molecule has 0 bridgehead atoms. The molecule has 0 atom stereocenters. The number of carbonyl (C=O) groups is 1. The first-order valence-corrected chi connectivity index (χ1v) is 7.23. The van der Waals surface area contributed by atoms with Gasteiger partial charge >= 0.3 is 5.97 Å². The summed E-state index contributed by atoms with van der Waals surface area (Å²) in [6, 6.07) is 1.71. The van der Waals surface area contributed by atoms with Crippen LogP contribution in [0.1, 0.15) is 15.2 Å². The molecule has 0 aliphatic heterocycles. The molecule has 1 aromatic rings. The largest absolute Gasteiger partial charge is 0.477 e. The maximum absolute atomic E-state index is 11.3. The van der Waals surface area contributed by atoms with Gasteiger partial charge < -0.3 is 5.11 Å². The van der Waals surface area contributed by atoms with Crippen LogP contribution in [0.3, 0.4) is 0 Å². The Morgan fingerprint density at radius 2 is 2.13 bits per heavy atom. The van der Waals surface area contributed by atoms with Crippen LogP contribution in [0, 0.1) is 14.9 Å². The predicted octanol–water partition coefficient (Wildman–Crippen LogP) is 1.33. The van der Waals surface area contributed by atoms with E-state index >= 15 is 0 Å². The summed E-state index contributed by atoms with van der Waals surface area (Å²) in [6.45, 7) is 0. The SMILES string of the molecule is CS(=O)(=O)c1sc(C(=O)O)c(I)c1C#N. The quantitative estimate of drug-likeness (QED) is 0.806. The second-order valence-electron chi connectivity index (χ2n) is 2.60. The molecule has 1 aromatic heterocycles.